The van der Waals surface area contributed by atoms with Crippen molar-refractivity contribution in [2.75, 3.05) is 7.11 Å². The summed E-state index contributed by atoms with van der Waals surface area (Å²) < 4.78 is 6.50. The monoisotopic (exact) mass is 230 g/mol. The summed E-state index contributed by atoms with van der Waals surface area (Å²) in [7, 11) is 1.39. The molecule has 1 aliphatic rings. The fraction of sp³-hybridized carbons (Fsp3) is 0.167. The molecule has 0 bridgehead atoms. The van der Waals surface area contributed by atoms with Crippen molar-refractivity contribution in [1.29, 1.82) is 0 Å². The number of aliphatic hydroxyl groups is 1. The zero-order chi connectivity index (χ0) is 12.0. The number of ether oxygens (including phenoxy) is 1. The Morgan fingerprint density at radius 3 is 2.94 bits per heavy atom. The summed E-state index contributed by atoms with van der Waals surface area (Å²) in [4.78, 5) is 16.1. The maximum absolute atomic E-state index is 12.1. The summed E-state index contributed by atoms with van der Waals surface area (Å²) in [5.74, 6) is -1.71. The molecule has 1 unspecified atom stereocenters. The van der Waals surface area contributed by atoms with Crippen molar-refractivity contribution in [1.82, 2.24) is 9.55 Å². The van der Waals surface area contributed by atoms with E-state index in [1.807, 2.05) is 0 Å². The van der Waals surface area contributed by atoms with Gasteiger partial charge in [-0.2, -0.15) is 0 Å². The van der Waals surface area contributed by atoms with E-state index < -0.39 is 5.91 Å². The second-order valence-electron chi connectivity index (χ2n) is 3.81. The van der Waals surface area contributed by atoms with Crippen LogP contribution in [0, 0.1) is 0 Å². The lowest BCUT2D eigenvalue weighted by atomic mass is 9.96. The van der Waals surface area contributed by atoms with Gasteiger partial charge in [-0.1, -0.05) is 24.3 Å². The van der Waals surface area contributed by atoms with E-state index in [1.54, 1.807) is 24.3 Å². The standard InChI is InChI=1S/C12H10N2O3/c1-17-12(16)9-5-3-2-4-8(9)10(15)11-13-6-7-14(11)12/h2-7,16H,1H3. The minimum atomic E-state index is -1.67. The van der Waals surface area contributed by atoms with Crippen molar-refractivity contribution >= 4 is 5.78 Å². The average molecular weight is 230 g/mol. The van der Waals surface area contributed by atoms with Crippen LogP contribution in [0.2, 0.25) is 0 Å². The third-order valence-corrected chi connectivity index (χ3v) is 2.98. The molecule has 0 amide bonds. The van der Waals surface area contributed by atoms with Gasteiger partial charge in [0.1, 0.15) is 0 Å². The fourth-order valence-corrected chi connectivity index (χ4v) is 2.14. The topological polar surface area (TPSA) is 64.3 Å². The predicted molar refractivity (Wildman–Crippen MR) is 58.4 cm³/mol. The molecule has 1 aliphatic heterocycles. The molecule has 0 spiro atoms. The van der Waals surface area contributed by atoms with E-state index in [1.165, 1.54) is 24.1 Å². The maximum atomic E-state index is 12.1. The molecule has 3 rings (SSSR count). The summed E-state index contributed by atoms with van der Waals surface area (Å²) in [6.45, 7) is 0. The number of benzene rings is 1. The highest BCUT2D eigenvalue weighted by Crippen LogP contribution is 2.33. The second kappa shape index (κ2) is 3.26. The number of hydrogen-bond acceptors (Lipinski definition) is 4. The van der Waals surface area contributed by atoms with E-state index in [0.29, 0.717) is 11.1 Å². The molecule has 1 aromatic carbocycles. The van der Waals surface area contributed by atoms with Gasteiger partial charge in [-0.15, -0.1) is 0 Å². The van der Waals surface area contributed by atoms with E-state index >= 15 is 0 Å². The van der Waals surface area contributed by atoms with Crippen LogP contribution in [0.25, 0.3) is 0 Å². The van der Waals surface area contributed by atoms with Crippen LogP contribution in [0.5, 0.6) is 0 Å². The third-order valence-electron chi connectivity index (χ3n) is 2.98. The van der Waals surface area contributed by atoms with Crippen LogP contribution in [-0.4, -0.2) is 27.6 Å². The number of ketones is 1. The highest BCUT2D eigenvalue weighted by Gasteiger charge is 2.42. The molecular weight excluding hydrogens is 220 g/mol. The van der Waals surface area contributed by atoms with Crippen LogP contribution in [0.15, 0.2) is 36.7 Å². The van der Waals surface area contributed by atoms with Crippen LogP contribution in [0.3, 0.4) is 0 Å². The number of aromatic nitrogens is 2. The van der Waals surface area contributed by atoms with Gasteiger partial charge in [-0.05, 0) is 0 Å². The number of hydrogen-bond donors (Lipinski definition) is 1. The van der Waals surface area contributed by atoms with E-state index in [2.05, 4.69) is 4.98 Å². The van der Waals surface area contributed by atoms with Gasteiger partial charge < -0.3 is 9.84 Å². The van der Waals surface area contributed by atoms with Gasteiger partial charge in [0.15, 0.2) is 5.82 Å². The number of nitrogens with zero attached hydrogens (tertiary/aromatic N) is 2. The summed E-state index contributed by atoms with van der Waals surface area (Å²) in [6, 6.07) is 6.81. The van der Waals surface area contributed by atoms with Gasteiger partial charge in [0.05, 0.1) is 0 Å². The summed E-state index contributed by atoms with van der Waals surface area (Å²) in [5, 5.41) is 10.5. The predicted octanol–water partition coefficient (Wildman–Crippen LogP) is 0.725. The molecule has 0 saturated heterocycles. The van der Waals surface area contributed by atoms with Gasteiger partial charge in [0.25, 0.3) is 5.91 Å². The number of carbonyl (C=O) groups excluding carboxylic acids is 1. The molecule has 86 valence electrons. The Balaban J connectivity index is 2.37. The molecule has 1 N–H and O–H groups in total. The Bertz CT molecular complexity index is 605. The minimum Gasteiger partial charge on any atom is -0.345 e. The highest BCUT2D eigenvalue weighted by atomic mass is 16.6. The van der Waals surface area contributed by atoms with Crippen molar-refractivity contribution in [3.8, 4) is 0 Å². The first-order chi connectivity index (χ1) is 8.18. The van der Waals surface area contributed by atoms with Crippen LogP contribution in [0.4, 0.5) is 0 Å². The molecule has 1 atom stereocenters. The molecule has 5 nitrogen and oxygen atoms in total. The van der Waals surface area contributed by atoms with Crippen LogP contribution < -0.4 is 0 Å². The number of fused-ring (bicyclic) bond motifs is 2. The first kappa shape index (κ1) is 10.2. The molecule has 0 aliphatic carbocycles. The van der Waals surface area contributed by atoms with Crippen molar-refractivity contribution in [2.24, 2.45) is 0 Å². The lowest BCUT2D eigenvalue weighted by Crippen LogP contribution is -2.43. The molecule has 0 fully saturated rings. The van der Waals surface area contributed by atoms with E-state index in [4.69, 9.17) is 4.74 Å². The molecule has 17 heavy (non-hydrogen) atoms. The van der Waals surface area contributed by atoms with E-state index in [-0.39, 0.29) is 11.6 Å². The second-order valence-corrected chi connectivity index (χ2v) is 3.81. The van der Waals surface area contributed by atoms with Crippen molar-refractivity contribution in [3.05, 3.63) is 53.6 Å². The molecule has 0 radical (unpaired) electrons. The first-order valence-corrected chi connectivity index (χ1v) is 5.14. The smallest absolute Gasteiger partial charge is 0.283 e. The average Bonchev–Trinajstić information content (AvgIpc) is 2.86. The van der Waals surface area contributed by atoms with Gasteiger partial charge in [0.2, 0.25) is 5.78 Å². The van der Waals surface area contributed by atoms with Gasteiger partial charge in [0, 0.05) is 30.6 Å². The molecular formula is C12H10N2O3. The summed E-state index contributed by atoms with van der Waals surface area (Å²) in [5.41, 5.74) is 0.841. The van der Waals surface area contributed by atoms with Crippen molar-refractivity contribution in [2.45, 2.75) is 5.91 Å². The van der Waals surface area contributed by atoms with Crippen molar-refractivity contribution < 1.29 is 14.6 Å². The van der Waals surface area contributed by atoms with Gasteiger partial charge >= 0.3 is 0 Å². The SMILES string of the molecule is COC1(O)c2ccccc2C(=O)c2nccn21. The molecule has 2 heterocycles. The number of imidazole rings is 1. The molecule has 5 heteroatoms. The van der Waals surface area contributed by atoms with E-state index in [0.717, 1.165) is 0 Å². The van der Waals surface area contributed by atoms with Crippen LogP contribution in [0.1, 0.15) is 21.7 Å². The summed E-state index contributed by atoms with van der Waals surface area (Å²) in [6.07, 6.45) is 2.98. The van der Waals surface area contributed by atoms with E-state index in [9.17, 15) is 9.90 Å². The zero-order valence-corrected chi connectivity index (χ0v) is 9.12. The largest absolute Gasteiger partial charge is 0.345 e. The van der Waals surface area contributed by atoms with Gasteiger partial charge in [-0.25, -0.2) is 4.98 Å². The number of methoxy groups -OCH3 is 1. The minimum absolute atomic E-state index is 0.174. The normalized spacial score (nSPS) is 22.1. The Morgan fingerprint density at radius 1 is 1.41 bits per heavy atom. The van der Waals surface area contributed by atoms with Crippen molar-refractivity contribution in [3.63, 3.8) is 0 Å². The lowest BCUT2D eigenvalue weighted by Gasteiger charge is -2.33. The van der Waals surface area contributed by atoms with Gasteiger partial charge in [-0.3, -0.25) is 9.36 Å². The quantitative estimate of drug-likeness (QED) is 0.733. The molecule has 2 aromatic rings. The fourth-order valence-electron chi connectivity index (χ4n) is 2.14. The Kier molecular flexibility index (Phi) is 1.95. The lowest BCUT2D eigenvalue weighted by molar-refractivity contribution is -0.217. The number of carbonyl (C=O) groups is 1. The molecule has 1 aromatic heterocycles. The molecule has 0 saturated carbocycles. The van der Waals surface area contributed by atoms with Crippen LogP contribution >= 0.6 is 0 Å². The van der Waals surface area contributed by atoms with Crippen LogP contribution in [-0.2, 0) is 10.6 Å². The third kappa shape index (κ3) is 1.15. The first-order valence-electron chi connectivity index (χ1n) is 5.14. The Morgan fingerprint density at radius 2 is 2.18 bits per heavy atom. The summed E-state index contributed by atoms with van der Waals surface area (Å²) >= 11 is 0. The Labute approximate surface area is 97.3 Å². The maximum Gasteiger partial charge on any atom is 0.283 e. The zero-order valence-electron chi connectivity index (χ0n) is 9.12. The highest BCUT2D eigenvalue weighted by molar-refractivity contribution is 6.09. The number of rotatable bonds is 1. The Hall–Kier alpha value is -1.98.